The zero-order valence-electron chi connectivity index (χ0n) is 11.2. The molecule has 1 heterocycles. The summed E-state index contributed by atoms with van der Waals surface area (Å²) in [6, 6.07) is 9.69. The van der Waals surface area contributed by atoms with Gasteiger partial charge in [0, 0.05) is 0 Å². The van der Waals surface area contributed by atoms with Crippen LogP contribution >= 0.6 is 0 Å². The van der Waals surface area contributed by atoms with Gasteiger partial charge in [0.05, 0.1) is 20.1 Å². The molecule has 1 N–H and O–H groups in total. The number of likely N-dealkylation sites (N-methyl/N-ethyl adjacent to an activating group) is 1. The number of para-hydroxylation sites is 1. The number of hydrogen-bond acceptors (Lipinski definition) is 2. The molecular formula is C15H24NO2+. The van der Waals surface area contributed by atoms with E-state index in [1.807, 2.05) is 30.3 Å². The lowest BCUT2D eigenvalue weighted by Crippen LogP contribution is -2.52. The number of rotatable bonds is 5. The Hall–Kier alpha value is -1.06. The number of aliphatic hydroxyl groups is 1. The van der Waals surface area contributed by atoms with E-state index in [1.54, 1.807) is 0 Å². The summed E-state index contributed by atoms with van der Waals surface area (Å²) in [4.78, 5) is 0. The number of nitrogens with zero attached hydrogens (tertiary/aromatic N) is 1. The van der Waals surface area contributed by atoms with Crippen LogP contribution in [0, 0.1) is 0 Å². The fourth-order valence-corrected chi connectivity index (χ4v) is 2.73. The van der Waals surface area contributed by atoms with Crippen LogP contribution in [0.3, 0.4) is 0 Å². The van der Waals surface area contributed by atoms with Crippen LogP contribution in [0.25, 0.3) is 0 Å². The Labute approximate surface area is 110 Å². The molecule has 1 aromatic carbocycles. The van der Waals surface area contributed by atoms with Gasteiger partial charge in [-0.2, -0.15) is 0 Å². The molecule has 1 aliphatic rings. The zero-order chi connectivity index (χ0) is 12.8. The van der Waals surface area contributed by atoms with Gasteiger partial charge in [-0.05, 0) is 31.4 Å². The summed E-state index contributed by atoms with van der Waals surface area (Å²) in [5.74, 6) is 0.831. The normalized spacial score (nSPS) is 20.3. The lowest BCUT2D eigenvalue weighted by molar-refractivity contribution is -0.916. The summed E-state index contributed by atoms with van der Waals surface area (Å²) in [6.45, 7) is 3.55. The van der Waals surface area contributed by atoms with Crippen molar-refractivity contribution < 1.29 is 14.3 Å². The maximum Gasteiger partial charge on any atom is 0.137 e. The van der Waals surface area contributed by atoms with Gasteiger partial charge in [0.1, 0.15) is 25.0 Å². The van der Waals surface area contributed by atoms with Crippen molar-refractivity contribution in [1.29, 1.82) is 0 Å². The Balaban J connectivity index is 1.76. The fraction of sp³-hybridized carbons (Fsp3) is 0.600. The maximum atomic E-state index is 10.1. The first kappa shape index (κ1) is 13.4. The molecule has 0 amide bonds. The van der Waals surface area contributed by atoms with E-state index >= 15 is 0 Å². The summed E-state index contributed by atoms with van der Waals surface area (Å²) in [7, 11) is 2.24. The molecule has 0 radical (unpaired) electrons. The van der Waals surface area contributed by atoms with Crippen LogP contribution in [0.4, 0.5) is 0 Å². The molecule has 1 aromatic rings. The van der Waals surface area contributed by atoms with Crippen molar-refractivity contribution in [3.8, 4) is 5.75 Å². The first-order valence-corrected chi connectivity index (χ1v) is 6.87. The standard InChI is InChI=1S/C15H24NO2/c1-16(10-6-3-7-11-16)12-14(17)13-18-15-8-4-2-5-9-15/h2,4-5,8-9,14,17H,3,6-7,10-13H2,1H3/q+1. The van der Waals surface area contributed by atoms with Gasteiger partial charge < -0.3 is 14.3 Å². The van der Waals surface area contributed by atoms with E-state index in [1.165, 1.54) is 32.4 Å². The zero-order valence-corrected chi connectivity index (χ0v) is 11.2. The van der Waals surface area contributed by atoms with Crippen molar-refractivity contribution >= 4 is 0 Å². The number of quaternary nitrogens is 1. The molecule has 1 unspecified atom stereocenters. The van der Waals surface area contributed by atoms with Gasteiger partial charge in [0.25, 0.3) is 0 Å². The number of aliphatic hydroxyl groups excluding tert-OH is 1. The number of benzene rings is 1. The summed E-state index contributed by atoms with van der Waals surface area (Å²) in [5.41, 5.74) is 0. The average Bonchev–Trinajstić information content (AvgIpc) is 2.38. The second-order valence-electron chi connectivity index (χ2n) is 5.59. The monoisotopic (exact) mass is 250 g/mol. The molecule has 3 heteroatoms. The van der Waals surface area contributed by atoms with Crippen LogP contribution in [-0.4, -0.2) is 49.0 Å². The molecule has 1 aliphatic heterocycles. The lowest BCUT2D eigenvalue weighted by atomic mass is 10.1. The fourth-order valence-electron chi connectivity index (χ4n) is 2.73. The van der Waals surface area contributed by atoms with Gasteiger partial charge in [-0.25, -0.2) is 0 Å². The Bertz CT molecular complexity index is 347. The molecule has 0 saturated carbocycles. The van der Waals surface area contributed by atoms with Crippen LogP contribution in [-0.2, 0) is 0 Å². The van der Waals surface area contributed by atoms with E-state index in [0.717, 1.165) is 16.8 Å². The van der Waals surface area contributed by atoms with E-state index in [9.17, 15) is 5.11 Å². The molecule has 1 atom stereocenters. The molecule has 100 valence electrons. The molecule has 1 saturated heterocycles. The Morgan fingerprint density at radius 1 is 1.17 bits per heavy atom. The molecule has 2 rings (SSSR count). The largest absolute Gasteiger partial charge is 0.491 e. The topological polar surface area (TPSA) is 29.5 Å². The van der Waals surface area contributed by atoms with Crippen molar-refractivity contribution in [3.05, 3.63) is 30.3 Å². The molecule has 0 aliphatic carbocycles. The Kier molecular flexibility index (Phi) is 4.61. The van der Waals surface area contributed by atoms with Crippen molar-refractivity contribution in [1.82, 2.24) is 0 Å². The quantitative estimate of drug-likeness (QED) is 0.811. The molecule has 0 aromatic heterocycles. The minimum Gasteiger partial charge on any atom is -0.491 e. The van der Waals surface area contributed by atoms with E-state index in [2.05, 4.69) is 7.05 Å². The van der Waals surface area contributed by atoms with Crippen LogP contribution in [0.15, 0.2) is 30.3 Å². The number of piperidine rings is 1. The maximum absolute atomic E-state index is 10.1. The molecule has 18 heavy (non-hydrogen) atoms. The highest BCUT2D eigenvalue weighted by molar-refractivity contribution is 5.20. The third kappa shape index (κ3) is 4.00. The van der Waals surface area contributed by atoms with Crippen LogP contribution < -0.4 is 4.74 Å². The number of likely N-dealkylation sites (tertiary alicyclic amines) is 1. The van der Waals surface area contributed by atoms with E-state index in [-0.39, 0.29) is 6.10 Å². The highest BCUT2D eigenvalue weighted by Gasteiger charge is 2.27. The third-order valence-electron chi connectivity index (χ3n) is 3.73. The van der Waals surface area contributed by atoms with Crippen molar-refractivity contribution in [2.45, 2.75) is 25.4 Å². The molecule has 0 spiro atoms. The molecule has 3 nitrogen and oxygen atoms in total. The first-order valence-electron chi connectivity index (χ1n) is 6.87. The van der Waals surface area contributed by atoms with Crippen LogP contribution in [0.2, 0.25) is 0 Å². The predicted octanol–water partition coefficient (Wildman–Crippen LogP) is 2.06. The minimum absolute atomic E-state index is 0.381. The number of ether oxygens (including phenoxy) is 1. The van der Waals surface area contributed by atoms with Gasteiger partial charge in [-0.15, -0.1) is 0 Å². The van der Waals surface area contributed by atoms with Crippen molar-refractivity contribution in [2.24, 2.45) is 0 Å². The average molecular weight is 250 g/mol. The second kappa shape index (κ2) is 6.21. The van der Waals surface area contributed by atoms with E-state index < -0.39 is 0 Å². The van der Waals surface area contributed by atoms with Gasteiger partial charge in [0.2, 0.25) is 0 Å². The molecule has 0 bridgehead atoms. The highest BCUT2D eigenvalue weighted by atomic mass is 16.5. The van der Waals surface area contributed by atoms with E-state index in [4.69, 9.17) is 4.74 Å². The van der Waals surface area contributed by atoms with Crippen LogP contribution in [0.5, 0.6) is 5.75 Å². The van der Waals surface area contributed by atoms with E-state index in [0.29, 0.717) is 6.61 Å². The van der Waals surface area contributed by atoms with Crippen LogP contribution in [0.1, 0.15) is 19.3 Å². The lowest BCUT2D eigenvalue weighted by Gasteiger charge is -2.39. The Morgan fingerprint density at radius 3 is 2.50 bits per heavy atom. The molecular weight excluding hydrogens is 226 g/mol. The molecule has 1 fully saturated rings. The van der Waals surface area contributed by atoms with Gasteiger partial charge >= 0.3 is 0 Å². The van der Waals surface area contributed by atoms with Gasteiger partial charge in [-0.3, -0.25) is 0 Å². The van der Waals surface area contributed by atoms with Crippen molar-refractivity contribution in [2.75, 3.05) is 33.3 Å². The third-order valence-corrected chi connectivity index (χ3v) is 3.73. The smallest absolute Gasteiger partial charge is 0.137 e. The summed E-state index contributed by atoms with van der Waals surface area (Å²) in [5, 5.41) is 10.1. The SMILES string of the molecule is C[N+]1(CC(O)COc2ccccc2)CCCCC1. The first-order chi connectivity index (χ1) is 8.68. The Morgan fingerprint density at radius 2 is 1.83 bits per heavy atom. The summed E-state index contributed by atoms with van der Waals surface area (Å²) >= 11 is 0. The second-order valence-corrected chi connectivity index (χ2v) is 5.59. The summed E-state index contributed by atoms with van der Waals surface area (Å²) < 4.78 is 6.58. The van der Waals surface area contributed by atoms with Gasteiger partial charge in [0.15, 0.2) is 0 Å². The minimum atomic E-state index is -0.381. The predicted molar refractivity (Wildman–Crippen MR) is 72.6 cm³/mol. The summed E-state index contributed by atoms with van der Waals surface area (Å²) in [6.07, 6.45) is 3.52. The van der Waals surface area contributed by atoms with Crippen molar-refractivity contribution in [3.63, 3.8) is 0 Å². The van der Waals surface area contributed by atoms with Gasteiger partial charge in [-0.1, -0.05) is 18.2 Å². The highest BCUT2D eigenvalue weighted by Crippen LogP contribution is 2.17. The number of hydrogen-bond donors (Lipinski definition) is 1.